The Balaban J connectivity index is 3.12. The van der Waals surface area contributed by atoms with Crippen molar-refractivity contribution in [2.45, 2.75) is 6.92 Å². The molecule has 3 heteroatoms. The molecule has 0 aromatic heterocycles. The van der Waals surface area contributed by atoms with Crippen molar-refractivity contribution in [3.8, 4) is 5.75 Å². The van der Waals surface area contributed by atoms with Gasteiger partial charge in [-0.25, -0.2) is 0 Å². The summed E-state index contributed by atoms with van der Waals surface area (Å²) in [5.41, 5.74) is 0.165. The summed E-state index contributed by atoms with van der Waals surface area (Å²) in [5.74, 6) is -0.274. The monoisotopic (exact) mass is 187 g/mol. The summed E-state index contributed by atoms with van der Waals surface area (Å²) in [7, 11) is -2.57. The minimum Gasteiger partial charge on any atom is -0.496 e. The normalized spacial score (nSPS) is 14.3. The molecule has 1 rings (SSSR count). The molecule has 0 unspecified atom stereocenters. The van der Waals surface area contributed by atoms with Crippen LogP contribution >= 0.6 is 11.6 Å². The van der Waals surface area contributed by atoms with Crippen LogP contribution in [0.4, 0.5) is 0 Å². The van der Waals surface area contributed by atoms with Gasteiger partial charge < -0.3 is 4.74 Å². The summed E-state index contributed by atoms with van der Waals surface area (Å²) in [5, 5.41) is 0.359. The molecule has 0 heterocycles. The van der Waals surface area contributed by atoms with Crippen molar-refractivity contribution in [1.82, 2.24) is 0 Å². The van der Waals surface area contributed by atoms with Crippen LogP contribution < -0.4 is 4.74 Å². The second-order valence-corrected chi connectivity index (χ2v) is 2.74. The van der Waals surface area contributed by atoms with Gasteiger partial charge in [0.2, 0.25) is 0 Å². The van der Waals surface area contributed by atoms with Gasteiger partial charge >= 0.3 is 0 Å². The molecule has 0 amide bonds. The largest absolute Gasteiger partial charge is 0.496 e. The van der Waals surface area contributed by atoms with E-state index in [2.05, 4.69) is 4.74 Å². The molecule has 0 aliphatic heterocycles. The van der Waals surface area contributed by atoms with Crippen molar-refractivity contribution >= 4 is 17.4 Å². The van der Waals surface area contributed by atoms with Crippen molar-refractivity contribution in [2.24, 2.45) is 0 Å². The Hall–Kier alpha value is -1.02. The summed E-state index contributed by atoms with van der Waals surface area (Å²) >= 11 is 5.68. The third kappa shape index (κ3) is 1.77. The van der Waals surface area contributed by atoms with Gasteiger partial charge in [0.15, 0.2) is 5.78 Å². The molecule has 2 nitrogen and oxygen atoms in total. The van der Waals surface area contributed by atoms with Crippen LogP contribution in [-0.4, -0.2) is 12.8 Å². The van der Waals surface area contributed by atoms with Gasteiger partial charge in [0.05, 0.1) is 16.7 Å². The highest BCUT2D eigenvalue weighted by Gasteiger charge is 2.07. The number of hydrogen-bond donors (Lipinski definition) is 0. The maximum Gasteiger partial charge on any atom is 0.163 e. The standard InChI is InChI=1S/C9H9ClO2/c1-6(11)8-5-7(10)3-4-9(8)12-2/h3-5H,1-2H3/i2D3. The molecular weight excluding hydrogens is 176 g/mol. The molecule has 0 atom stereocenters. The van der Waals surface area contributed by atoms with E-state index in [0.29, 0.717) is 5.02 Å². The predicted molar refractivity (Wildman–Crippen MR) is 48.0 cm³/mol. The van der Waals surface area contributed by atoms with E-state index in [9.17, 15) is 4.79 Å². The first kappa shape index (κ1) is 5.60. The van der Waals surface area contributed by atoms with Crippen molar-refractivity contribution in [1.29, 1.82) is 0 Å². The molecule has 0 fully saturated rings. The SMILES string of the molecule is [2H]C([2H])([2H])Oc1ccc(Cl)cc1C(C)=O. The number of halogens is 1. The zero-order chi connectivity index (χ0) is 11.6. The van der Waals surface area contributed by atoms with Crippen molar-refractivity contribution < 1.29 is 13.6 Å². The number of methoxy groups -OCH3 is 1. The molecule has 0 aliphatic carbocycles. The first-order valence-electron chi connectivity index (χ1n) is 4.79. The predicted octanol–water partition coefficient (Wildman–Crippen LogP) is 2.55. The Labute approximate surface area is 80.3 Å². The van der Waals surface area contributed by atoms with Crippen LogP contribution in [0.1, 0.15) is 21.4 Å². The highest BCUT2D eigenvalue weighted by Crippen LogP contribution is 2.22. The Morgan fingerprint density at radius 3 is 3.00 bits per heavy atom. The fraction of sp³-hybridized carbons (Fsp3) is 0.222. The zero-order valence-electron chi connectivity index (χ0n) is 9.43. The van der Waals surface area contributed by atoms with Gasteiger partial charge in [-0.1, -0.05) is 11.6 Å². The van der Waals surface area contributed by atoms with Crippen molar-refractivity contribution in [3.05, 3.63) is 28.8 Å². The van der Waals surface area contributed by atoms with E-state index < -0.39 is 7.04 Å². The van der Waals surface area contributed by atoms with Gasteiger partial charge in [0.1, 0.15) is 5.75 Å². The summed E-state index contributed by atoms with van der Waals surface area (Å²) < 4.78 is 25.5. The molecule has 0 aliphatic rings. The first-order valence-corrected chi connectivity index (χ1v) is 3.67. The Bertz CT molecular complexity index is 387. The summed E-state index contributed by atoms with van der Waals surface area (Å²) in [4.78, 5) is 11.2. The lowest BCUT2D eigenvalue weighted by Gasteiger charge is -2.04. The Kier molecular flexibility index (Phi) is 1.67. The second-order valence-electron chi connectivity index (χ2n) is 2.30. The average molecular weight is 188 g/mol. The van der Waals surface area contributed by atoms with Crippen molar-refractivity contribution in [2.75, 3.05) is 7.04 Å². The van der Waals surface area contributed by atoms with Gasteiger partial charge in [-0.3, -0.25) is 4.79 Å². The van der Waals surface area contributed by atoms with Gasteiger partial charge in [-0.15, -0.1) is 0 Å². The number of Topliss-reactive ketones (excluding diaryl/α,β-unsaturated/α-hetero) is 1. The lowest BCUT2D eigenvalue weighted by molar-refractivity contribution is 0.101. The number of ether oxygens (including phenoxy) is 1. The molecule has 0 saturated heterocycles. The zero-order valence-corrected chi connectivity index (χ0v) is 7.18. The Morgan fingerprint density at radius 1 is 1.67 bits per heavy atom. The van der Waals surface area contributed by atoms with Gasteiger partial charge in [-0.2, -0.15) is 0 Å². The number of rotatable bonds is 2. The number of benzene rings is 1. The van der Waals surface area contributed by atoms with E-state index in [1.165, 1.54) is 25.1 Å². The quantitative estimate of drug-likeness (QED) is 0.666. The molecule has 0 N–H and O–H groups in total. The minimum atomic E-state index is -2.57. The lowest BCUT2D eigenvalue weighted by atomic mass is 10.1. The third-order valence-corrected chi connectivity index (χ3v) is 1.67. The van der Waals surface area contributed by atoms with E-state index in [1.54, 1.807) is 0 Å². The van der Waals surface area contributed by atoms with Crippen LogP contribution in [0.15, 0.2) is 18.2 Å². The molecule has 0 spiro atoms. The van der Waals surface area contributed by atoms with E-state index in [4.69, 9.17) is 15.7 Å². The van der Waals surface area contributed by atoms with E-state index in [-0.39, 0.29) is 17.1 Å². The third-order valence-electron chi connectivity index (χ3n) is 1.43. The highest BCUT2D eigenvalue weighted by molar-refractivity contribution is 6.31. The molecule has 1 aromatic rings. The minimum absolute atomic E-state index is 0.0203. The number of ketones is 1. The van der Waals surface area contributed by atoms with Gasteiger partial charge in [0, 0.05) is 5.02 Å². The van der Waals surface area contributed by atoms with E-state index in [0.717, 1.165) is 0 Å². The smallest absolute Gasteiger partial charge is 0.163 e. The molecule has 0 saturated carbocycles. The topological polar surface area (TPSA) is 26.3 Å². The Morgan fingerprint density at radius 2 is 2.42 bits per heavy atom. The molecule has 0 radical (unpaired) electrons. The van der Waals surface area contributed by atoms with Crippen LogP contribution in [0.2, 0.25) is 5.02 Å². The lowest BCUT2D eigenvalue weighted by Crippen LogP contribution is -1.96. The number of carbonyl (C=O) groups is 1. The fourth-order valence-corrected chi connectivity index (χ4v) is 1.04. The maximum absolute atomic E-state index is 11.2. The molecular formula is C9H9ClO2. The summed E-state index contributed by atoms with van der Waals surface area (Å²) in [6, 6.07) is 4.21. The van der Waals surface area contributed by atoms with Gasteiger partial charge in [0.25, 0.3) is 0 Å². The first-order chi connectivity index (χ1) is 6.79. The number of carbonyl (C=O) groups excluding carboxylic acids is 1. The van der Waals surface area contributed by atoms with Crippen LogP contribution in [-0.2, 0) is 0 Å². The molecule has 64 valence electrons. The second kappa shape index (κ2) is 3.59. The summed E-state index contributed by atoms with van der Waals surface area (Å²) in [6.07, 6.45) is 0. The molecule has 0 bridgehead atoms. The van der Waals surface area contributed by atoms with Crippen LogP contribution in [0.3, 0.4) is 0 Å². The summed E-state index contributed by atoms with van der Waals surface area (Å²) in [6.45, 7) is 1.32. The van der Waals surface area contributed by atoms with Gasteiger partial charge in [-0.05, 0) is 25.1 Å². The van der Waals surface area contributed by atoms with Crippen LogP contribution in [0.25, 0.3) is 0 Å². The number of hydrogen-bond acceptors (Lipinski definition) is 2. The van der Waals surface area contributed by atoms with E-state index >= 15 is 0 Å². The van der Waals surface area contributed by atoms with Crippen LogP contribution in [0.5, 0.6) is 5.75 Å². The van der Waals surface area contributed by atoms with Crippen molar-refractivity contribution in [3.63, 3.8) is 0 Å². The highest BCUT2D eigenvalue weighted by atomic mass is 35.5. The van der Waals surface area contributed by atoms with E-state index in [1.807, 2.05) is 0 Å². The van der Waals surface area contributed by atoms with Crippen LogP contribution in [0, 0.1) is 0 Å². The fourth-order valence-electron chi connectivity index (χ4n) is 0.866. The maximum atomic E-state index is 11.2. The molecule has 1 aromatic carbocycles. The molecule has 12 heavy (non-hydrogen) atoms. The average Bonchev–Trinajstić information content (AvgIpc) is 2.05.